The normalized spacial score (nSPS) is 21.1. The van der Waals surface area contributed by atoms with Gasteiger partial charge in [0.2, 0.25) is 0 Å². The van der Waals surface area contributed by atoms with Crippen molar-refractivity contribution >= 4 is 11.9 Å². The summed E-state index contributed by atoms with van der Waals surface area (Å²) in [5.74, 6) is 0.216. The van der Waals surface area contributed by atoms with Crippen molar-refractivity contribution in [1.82, 2.24) is 30.0 Å². The predicted molar refractivity (Wildman–Crippen MR) is 81.1 cm³/mol. The van der Waals surface area contributed by atoms with Gasteiger partial charge >= 0.3 is 6.03 Å². The van der Waals surface area contributed by atoms with Crippen molar-refractivity contribution in [2.45, 2.75) is 38.9 Å². The third-order valence-electron chi connectivity index (χ3n) is 3.89. The van der Waals surface area contributed by atoms with Gasteiger partial charge in [0.05, 0.1) is 12.2 Å². The fourth-order valence-electron chi connectivity index (χ4n) is 2.63. The van der Waals surface area contributed by atoms with Gasteiger partial charge in [-0.05, 0) is 32.9 Å². The van der Waals surface area contributed by atoms with Gasteiger partial charge in [-0.1, -0.05) is 6.07 Å². The highest BCUT2D eigenvalue weighted by Gasteiger charge is 2.50. The van der Waals surface area contributed by atoms with Gasteiger partial charge in [-0.15, -0.1) is 0 Å². The first-order valence-corrected chi connectivity index (χ1v) is 7.37. The monoisotopic (exact) mass is 314 g/mol. The van der Waals surface area contributed by atoms with Gasteiger partial charge in [0, 0.05) is 12.2 Å². The minimum absolute atomic E-state index is 0.0747. The van der Waals surface area contributed by atoms with E-state index in [0.717, 1.165) is 4.90 Å². The Balaban J connectivity index is 1.89. The number of hydrogen-bond donors (Lipinski definition) is 1. The summed E-state index contributed by atoms with van der Waals surface area (Å²) >= 11 is 0. The van der Waals surface area contributed by atoms with Crippen molar-refractivity contribution in [2.75, 3.05) is 0 Å². The van der Waals surface area contributed by atoms with Crippen LogP contribution in [0, 0.1) is 0 Å². The van der Waals surface area contributed by atoms with Crippen molar-refractivity contribution in [3.05, 3.63) is 42.2 Å². The molecule has 0 radical (unpaired) electrons. The molecular weight excluding hydrogens is 296 g/mol. The second-order valence-electron chi connectivity index (χ2n) is 5.88. The first kappa shape index (κ1) is 15.1. The minimum Gasteiger partial charge on any atom is -0.318 e. The summed E-state index contributed by atoms with van der Waals surface area (Å²) in [5, 5.41) is 6.85. The topological polar surface area (TPSA) is 93.0 Å². The quantitative estimate of drug-likeness (QED) is 0.857. The second kappa shape index (κ2) is 5.45. The van der Waals surface area contributed by atoms with E-state index in [0.29, 0.717) is 11.5 Å². The molecule has 3 heterocycles. The van der Waals surface area contributed by atoms with Crippen LogP contribution in [0.4, 0.5) is 4.79 Å². The van der Waals surface area contributed by atoms with E-state index in [4.69, 9.17) is 0 Å². The zero-order chi connectivity index (χ0) is 16.6. The lowest BCUT2D eigenvalue weighted by molar-refractivity contribution is -0.131. The number of carbonyl (C=O) groups is 2. The van der Waals surface area contributed by atoms with E-state index in [2.05, 4.69) is 20.4 Å². The van der Waals surface area contributed by atoms with Gasteiger partial charge in [0.1, 0.15) is 12.2 Å². The summed E-state index contributed by atoms with van der Waals surface area (Å²) in [4.78, 5) is 34.6. The lowest BCUT2D eigenvalue weighted by Gasteiger charge is -2.21. The fourth-order valence-corrected chi connectivity index (χ4v) is 2.63. The van der Waals surface area contributed by atoms with Crippen LogP contribution in [0.25, 0.3) is 0 Å². The van der Waals surface area contributed by atoms with E-state index in [9.17, 15) is 9.59 Å². The molecule has 120 valence electrons. The molecule has 2 aromatic rings. The van der Waals surface area contributed by atoms with Gasteiger partial charge in [-0.2, -0.15) is 5.10 Å². The van der Waals surface area contributed by atoms with Crippen LogP contribution in [-0.4, -0.2) is 36.6 Å². The van der Waals surface area contributed by atoms with E-state index in [1.54, 1.807) is 36.0 Å². The molecule has 0 bridgehead atoms. The molecule has 1 N–H and O–H groups in total. The molecule has 1 aliphatic heterocycles. The van der Waals surface area contributed by atoms with Crippen molar-refractivity contribution in [3.63, 3.8) is 0 Å². The summed E-state index contributed by atoms with van der Waals surface area (Å²) in [5.41, 5.74) is -0.660. The third-order valence-corrected chi connectivity index (χ3v) is 3.89. The number of imide groups is 1. The zero-order valence-corrected chi connectivity index (χ0v) is 13.2. The van der Waals surface area contributed by atoms with E-state index in [-0.39, 0.29) is 18.5 Å². The highest BCUT2D eigenvalue weighted by Crippen LogP contribution is 2.28. The summed E-state index contributed by atoms with van der Waals surface area (Å²) in [6.45, 7) is 5.65. The van der Waals surface area contributed by atoms with Crippen molar-refractivity contribution in [1.29, 1.82) is 0 Å². The summed E-state index contributed by atoms with van der Waals surface area (Å²) in [6, 6.07) is 4.90. The van der Waals surface area contributed by atoms with Crippen LogP contribution in [0.3, 0.4) is 0 Å². The zero-order valence-electron chi connectivity index (χ0n) is 13.2. The number of pyridine rings is 1. The van der Waals surface area contributed by atoms with Crippen molar-refractivity contribution in [3.8, 4) is 0 Å². The molecule has 3 amide bonds. The van der Waals surface area contributed by atoms with Gasteiger partial charge in [0.25, 0.3) is 5.91 Å². The molecule has 1 atom stereocenters. The molecule has 1 unspecified atom stereocenters. The Morgan fingerprint density at radius 1 is 1.26 bits per heavy atom. The molecule has 0 spiro atoms. The van der Waals surface area contributed by atoms with E-state index < -0.39 is 11.6 Å². The molecule has 1 saturated heterocycles. The Morgan fingerprint density at radius 3 is 2.70 bits per heavy atom. The number of aromatic nitrogens is 4. The number of carbonyl (C=O) groups excluding carboxylic acids is 2. The molecule has 1 aliphatic rings. The van der Waals surface area contributed by atoms with E-state index in [1.165, 1.54) is 6.33 Å². The number of nitrogens with one attached hydrogen (secondary N) is 1. The molecule has 8 heteroatoms. The molecule has 0 saturated carbocycles. The fraction of sp³-hybridized carbons (Fsp3) is 0.400. The Morgan fingerprint density at radius 2 is 2.04 bits per heavy atom. The molecule has 2 aromatic heterocycles. The Labute approximate surface area is 133 Å². The van der Waals surface area contributed by atoms with E-state index in [1.807, 2.05) is 13.8 Å². The average Bonchev–Trinajstić information content (AvgIpc) is 3.08. The maximum absolute atomic E-state index is 12.8. The maximum atomic E-state index is 12.8. The first-order chi connectivity index (χ1) is 10.9. The number of urea groups is 1. The lowest BCUT2D eigenvalue weighted by Crippen LogP contribution is -2.41. The second-order valence-corrected chi connectivity index (χ2v) is 5.88. The molecule has 23 heavy (non-hydrogen) atoms. The molecular formula is C15H18N6O2. The van der Waals surface area contributed by atoms with Crippen LogP contribution in [0.1, 0.15) is 38.3 Å². The Hall–Kier alpha value is -2.77. The van der Waals surface area contributed by atoms with Gasteiger partial charge in [-0.3, -0.25) is 14.7 Å². The smallest absolute Gasteiger partial charge is 0.318 e. The van der Waals surface area contributed by atoms with E-state index >= 15 is 0 Å². The van der Waals surface area contributed by atoms with Crippen LogP contribution in [0.2, 0.25) is 0 Å². The summed E-state index contributed by atoms with van der Waals surface area (Å²) in [7, 11) is 0. The first-order valence-electron chi connectivity index (χ1n) is 7.37. The van der Waals surface area contributed by atoms with Crippen LogP contribution in [0.15, 0.2) is 30.7 Å². The van der Waals surface area contributed by atoms with Crippen LogP contribution >= 0.6 is 0 Å². The largest absolute Gasteiger partial charge is 0.325 e. The maximum Gasteiger partial charge on any atom is 0.325 e. The van der Waals surface area contributed by atoms with Crippen molar-refractivity contribution in [2.24, 2.45) is 0 Å². The Bertz CT molecular complexity index is 741. The number of amides is 3. The summed E-state index contributed by atoms with van der Waals surface area (Å²) in [6.07, 6.45) is 3.02. The Kier molecular flexibility index (Phi) is 3.59. The van der Waals surface area contributed by atoms with Crippen LogP contribution in [-0.2, 0) is 16.9 Å². The van der Waals surface area contributed by atoms with Gasteiger partial charge < -0.3 is 5.32 Å². The van der Waals surface area contributed by atoms with Crippen LogP contribution < -0.4 is 5.32 Å². The highest BCUT2D eigenvalue weighted by molar-refractivity contribution is 6.06. The van der Waals surface area contributed by atoms with Crippen molar-refractivity contribution < 1.29 is 9.59 Å². The van der Waals surface area contributed by atoms with Crippen LogP contribution in [0.5, 0.6) is 0 Å². The SMILES string of the molecule is CC(C)n1ncnc1CN1C(=O)NC(C)(c2ccccn2)C1=O. The number of nitrogens with zero attached hydrogens (tertiary/aromatic N) is 5. The standard InChI is InChI=1S/C15H18N6O2/c1-10(2)21-12(17-9-18-21)8-20-13(22)15(3,19-14(20)23)11-6-4-5-7-16-11/h4-7,9-10H,8H2,1-3H3,(H,19,23). The molecule has 0 aliphatic carbocycles. The minimum atomic E-state index is -1.17. The van der Waals surface area contributed by atoms with Gasteiger partial charge in [-0.25, -0.2) is 14.5 Å². The molecule has 1 fully saturated rings. The molecule has 8 nitrogen and oxygen atoms in total. The highest BCUT2D eigenvalue weighted by atomic mass is 16.2. The number of rotatable bonds is 4. The predicted octanol–water partition coefficient (Wildman–Crippen LogP) is 1.22. The summed E-state index contributed by atoms with van der Waals surface area (Å²) < 4.78 is 1.69. The number of hydrogen-bond acceptors (Lipinski definition) is 5. The average molecular weight is 314 g/mol. The van der Waals surface area contributed by atoms with Gasteiger partial charge in [0.15, 0.2) is 5.54 Å². The third kappa shape index (κ3) is 2.45. The lowest BCUT2D eigenvalue weighted by atomic mass is 9.97. The molecule has 3 rings (SSSR count). The molecule has 0 aromatic carbocycles.